The number of hydrogen-bond donors (Lipinski definition) is 2. The first-order valence-corrected chi connectivity index (χ1v) is 13.9. The van der Waals surface area contributed by atoms with Crippen molar-refractivity contribution in [1.29, 1.82) is 0 Å². The summed E-state index contributed by atoms with van der Waals surface area (Å²) < 4.78 is 1.45. The molecule has 1 saturated heterocycles. The van der Waals surface area contributed by atoms with Gasteiger partial charge in [0.05, 0.1) is 17.7 Å². The van der Waals surface area contributed by atoms with E-state index in [0.29, 0.717) is 55.9 Å². The Labute approximate surface area is 229 Å². The zero-order chi connectivity index (χ0) is 27.4. The van der Waals surface area contributed by atoms with E-state index in [2.05, 4.69) is 12.2 Å². The number of hydrogen-bond acceptors (Lipinski definition) is 4. The van der Waals surface area contributed by atoms with E-state index >= 15 is 0 Å². The lowest BCUT2D eigenvalue weighted by molar-refractivity contribution is -0.136. The lowest BCUT2D eigenvalue weighted by Crippen LogP contribution is -2.49. The highest BCUT2D eigenvalue weighted by atomic mass is 16.3. The molecule has 0 spiro atoms. The third-order valence-electron chi connectivity index (χ3n) is 8.06. The van der Waals surface area contributed by atoms with E-state index in [4.69, 9.17) is 0 Å². The van der Waals surface area contributed by atoms with Crippen molar-refractivity contribution in [3.63, 3.8) is 0 Å². The topological polar surface area (TPSA) is 91.6 Å². The number of likely N-dealkylation sites (tertiary alicyclic amines) is 1. The summed E-state index contributed by atoms with van der Waals surface area (Å²) in [6, 6.07) is 20.9. The summed E-state index contributed by atoms with van der Waals surface area (Å²) >= 11 is 0. The number of amides is 2. The molecule has 39 heavy (non-hydrogen) atoms. The molecule has 2 N–H and O–H groups in total. The Balaban J connectivity index is 1.28. The van der Waals surface area contributed by atoms with E-state index in [-0.39, 0.29) is 29.8 Å². The molecule has 7 heteroatoms. The van der Waals surface area contributed by atoms with Crippen LogP contribution in [0.15, 0.2) is 77.7 Å². The van der Waals surface area contributed by atoms with Crippen LogP contribution in [0.25, 0.3) is 11.1 Å². The maximum absolute atomic E-state index is 13.2. The Morgan fingerprint density at radius 3 is 2.31 bits per heavy atom. The Hall–Kier alpha value is -3.71. The molecule has 3 aromatic rings. The quantitative estimate of drug-likeness (QED) is 0.436. The van der Waals surface area contributed by atoms with Crippen molar-refractivity contribution in [2.45, 2.75) is 57.1 Å². The normalized spacial score (nSPS) is 17.4. The third-order valence-corrected chi connectivity index (χ3v) is 8.06. The number of benzene rings is 2. The van der Waals surface area contributed by atoms with Crippen molar-refractivity contribution in [3.05, 3.63) is 94.4 Å². The average Bonchev–Trinajstić information content (AvgIpc) is 3.78. The molecule has 2 amide bonds. The second kappa shape index (κ2) is 11.6. The standard InChI is InChI=1S/C32H37N3O4/c1-23(25-8-4-2-5-9-25)18-29(36)34-16-14-32(39,15-17-34)22-35-21-28(31(38)33-20-24-12-13-24)27(19-30(35)37)26-10-6-3-7-11-26/h2-11,19,21,23-24,39H,12-18,20,22H2,1H3,(H,33,38)/t23-/m1/s1. The average molecular weight is 528 g/mol. The Kier molecular flexibility index (Phi) is 7.98. The number of aromatic nitrogens is 1. The highest BCUT2D eigenvalue weighted by molar-refractivity contribution is 6.00. The first-order chi connectivity index (χ1) is 18.8. The number of rotatable bonds is 9. The van der Waals surface area contributed by atoms with Crippen molar-refractivity contribution in [2.24, 2.45) is 5.92 Å². The summed E-state index contributed by atoms with van der Waals surface area (Å²) in [5.74, 6) is 0.511. The summed E-state index contributed by atoms with van der Waals surface area (Å²) in [5, 5.41) is 14.4. The van der Waals surface area contributed by atoms with E-state index < -0.39 is 5.60 Å². The maximum atomic E-state index is 13.2. The van der Waals surface area contributed by atoms with Crippen LogP contribution < -0.4 is 10.9 Å². The van der Waals surface area contributed by atoms with Crippen LogP contribution in [0.5, 0.6) is 0 Å². The molecule has 7 nitrogen and oxygen atoms in total. The van der Waals surface area contributed by atoms with Crippen molar-refractivity contribution in [1.82, 2.24) is 14.8 Å². The van der Waals surface area contributed by atoms with Crippen molar-refractivity contribution in [3.8, 4) is 11.1 Å². The number of piperidine rings is 1. The van der Waals surface area contributed by atoms with E-state index in [1.807, 2.05) is 65.6 Å². The Morgan fingerprint density at radius 1 is 1.03 bits per heavy atom. The largest absolute Gasteiger partial charge is 0.388 e. The molecule has 204 valence electrons. The van der Waals surface area contributed by atoms with Gasteiger partial charge in [-0.15, -0.1) is 0 Å². The number of carbonyl (C=O) groups is 2. The summed E-state index contributed by atoms with van der Waals surface area (Å²) in [6.07, 6.45) is 5.00. The number of nitrogens with zero attached hydrogens (tertiary/aromatic N) is 2. The lowest BCUT2D eigenvalue weighted by atomic mass is 9.90. The van der Waals surface area contributed by atoms with E-state index in [0.717, 1.165) is 24.0 Å². The van der Waals surface area contributed by atoms with Crippen LogP contribution in [0.3, 0.4) is 0 Å². The lowest BCUT2D eigenvalue weighted by Gasteiger charge is -2.39. The minimum absolute atomic E-state index is 0.0757. The van der Waals surface area contributed by atoms with Gasteiger partial charge in [0.25, 0.3) is 11.5 Å². The Bertz CT molecular complexity index is 1360. The van der Waals surface area contributed by atoms with Gasteiger partial charge in [-0.2, -0.15) is 0 Å². The van der Waals surface area contributed by atoms with Gasteiger partial charge >= 0.3 is 0 Å². The molecule has 2 heterocycles. The minimum Gasteiger partial charge on any atom is -0.388 e. The molecule has 1 aromatic heterocycles. The van der Waals surface area contributed by atoms with Gasteiger partial charge in [-0.05, 0) is 48.6 Å². The highest BCUT2D eigenvalue weighted by Gasteiger charge is 2.35. The fourth-order valence-electron chi connectivity index (χ4n) is 5.33. The molecule has 0 bridgehead atoms. The second-order valence-corrected chi connectivity index (χ2v) is 11.2. The SMILES string of the molecule is C[C@H](CC(=O)N1CCC(O)(Cn2cc(C(=O)NCC3CC3)c(-c3ccccc3)cc2=O)CC1)c1ccccc1. The molecule has 5 rings (SSSR count). The van der Waals surface area contributed by atoms with Gasteiger partial charge in [0.15, 0.2) is 0 Å². The molecule has 1 saturated carbocycles. The van der Waals surface area contributed by atoms with Gasteiger partial charge in [-0.1, -0.05) is 67.6 Å². The summed E-state index contributed by atoms with van der Waals surface area (Å²) in [6.45, 7) is 3.62. The number of carbonyl (C=O) groups excluding carboxylic acids is 2. The van der Waals surface area contributed by atoms with Gasteiger partial charge in [-0.25, -0.2) is 0 Å². The zero-order valence-corrected chi connectivity index (χ0v) is 22.5. The first-order valence-electron chi connectivity index (χ1n) is 13.9. The molecule has 0 unspecified atom stereocenters. The fourth-order valence-corrected chi connectivity index (χ4v) is 5.33. The van der Waals surface area contributed by atoms with Crippen molar-refractivity contribution >= 4 is 11.8 Å². The molecular formula is C32H37N3O4. The Morgan fingerprint density at radius 2 is 1.67 bits per heavy atom. The summed E-state index contributed by atoms with van der Waals surface area (Å²) in [5.41, 5.74) is 1.54. The van der Waals surface area contributed by atoms with E-state index in [1.54, 1.807) is 6.20 Å². The van der Waals surface area contributed by atoms with Crippen LogP contribution in [-0.4, -0.2) is 51.6 Å². The number of nitrogens with one attached hydrogen (secondary N) is 1. The first kappa shape index (κ1) is 26.9. The van der Waals surface area contributed by atoms with Crippen LogP contribution >= 0.6 is 0 Å². The minimum atomic E-state index is -1.14. The van der Waals surface area contributed by atoms with Gasteiger partial charge in [0.2, 0.25) is 5.91 Å². The van der Waals surface area contributed by atoms with Crippen LogP contribution in [0.4, 0.5) is 0 Å². The second-order valence-electron chi connectivity index (χ2n) is 11.2. The molecule has 2 fully saturated rings. The predicted molar refractivity (Wildman–Crippen MR) is 151 cm³/mol. The van der Waals surface area contributed by atoms with Crippen molar-refractivity contribution in [2.75, 3.05) is 19.6 Å². The van der Waals surface area contributed by atoms with Crippen LogP contribution in [0.2, 0.25) is 0 Å². The van der Waals surface area contributed by atoms with Gasteiger partial charge < -0.3 is 19.9 Å². The number of aliphatic hydroxyl groups is 1. The van der Waals surface area contributed by atoms with Gasteiger partial charge in [0.1, 0.15) is 0 Å². The maximum Gasteiger partial charge on any atom is 0.253 e. The van der Waals surface area contributed by atoms with E-state index in [1.165, 1.54) is 10.6 Å². The molecule has 1 atom stereocenters. The fraction of sp³-hybridized carbons (Fsp3) is 0.406. The molecule has 1 aliphatic carbocycles. The molecule has 2 aliphatic rings. The molecule has 2 aromatic carbocycles. The molecule has 0 radical (unpaired) electrons. The third kappa shape index (κ3) is 6.66. The van der Waals surface area contributed by atoms with Crippen molar-refractivity contribution < 1.29 is 14.7 Å². The van der Waals surface area contributed by atoms with Crippen LogP contribution in [0, 0.1) is 5.92 Å². The highest BCUT2D eigenvalue weighted by Crippen LogP contribution is 2.29. The van der Waals surface area contributed by atoms with Gasteiger partial charge in [-0.3, -0.25) is 14.4 Å². The molecular weight excluding hydrogens is 490 g/mol. The van der Waals surface area contributed by atoms with Crippen LogP contribution in [0.1, 0.15) is 60.9 Å². The van der Waals surface area contributed by atoms with E-state index in [9.17, 15) is 19.5 Å². The molecule has 1 aliphatic heterocycles. The zero-order valence-electron chi connectivity index (χ0n) is 22.5. The van der Waals surface area contributed by atoms with Crippen LogP contribution in [-0.2, 0) is 11.3 Å². The summed E-state index contributed by atoms with van der Waals surface area (Å²) in [4.78, 5) is 41.1. The number of pyridine rings is 1. The predicted octanol–water partition coefficient (Wildman–Crippen LogP) is 4.20. The summed E-state index contributed by atoms with van der Waals surface area (Å²) in [7, 11) is 0. The van der Waals surface area contributed by atoms with Gasteiger partial charge in [0, 0.05) is 43.9 Å². The smallest absolute Gasteiger partial charge is 0.253 e. The monoisotopic (exact) mass is 527 g/mol.